The molecule has 1 rings (SSSR count). The number of hydrogen-bond donors (Lipinski definition) is 4. The maximum absolute atomic E-state index is 12.0. The Balaban J connectivity index is 2.59. The molecule has 9 heteroatoms. The summed E-state index contributed by atoms with van der Waals surface area (Å²) in [7, 11) is -3.24. The third-order valence-electron chi connectivity index (χ3n) is 3.59. The molecule has 118 valence electrons. The number of nitrogens with one attached hydrogen (secondary N) is 1. The van der Waals surface area contributed by atoms with Crippen molar-refractivity contribution < 1.29 is 28.5 Å². The minimum Gasteiger partial charge on any atom is -0.394 e. The Morgan fingerprint density at radius 1 is 1.20 bits per heavy atom. The SMILES string of the molecule is CS(=O)(=O)N1CCC(C(=O)NC(CO)(CO)CO)CC1. The number of carbonyl (C=O) groups is 1. The van der Waals surface area contributed by atoms with Crippen molar-refractivity contribution in [2.24, 2.45) is 5.92 Å². The lowest BCUT2D eigenvalue weighted by molar-refractivity contribution is -0.130. The van der Waals surface area contributed by atoms with E-state index >= 15 is 0 Å². The summed E-state index contributed by atoms with van der Waals surface area (Å²) in [4.78, 5) is 12.0. The Hall–Kier alpha value is -0.740. The van der Waals surface area contributed by atoms with Crippen molar-refractivity contribution in [3.05, 3.63) is 0 Å². The normalized spacial score (nSPS) is 19.0. The Morgan fingerprint density at radius 2 is 1.65 bits per heavy atom. The van der Waals surface area contributed by atoms with Crippen LogP contribution < -0.4 is 5.32 Å². The third kappa shape index (κ3) is 4.13. The van der Waals surface area contributed by atoms with Crippen LogP contribution in [0.2, 0.25) is 0 Å². The molecule has 0 radical (unpaired) electrons. The van der Waals surface area contributed by atoms with E-state index in [1.807, 2.05) is 0 Å². The molecule has 4 N–H and O–H groups in total. The molecule has 0 aromatic rings. The van der Waals surface area contributed by atoms with E-state index in [1.165, 1.54) is 4.31 Å². The second-order valence-corrected chi connectivity index (χ2v) is 7.16. The van der Waals surface area contributed by atoms with Crippen LogP contribution in [0.4, 0.5) is 0 Å². The zero-order chi connectivity index (χ0) is 15.4. The topological polar surface area (TPSA) is 127 Å². The molecule has 0 spiro atoms. The van der Waals surface area contributed by atoms with Gasteiger partial charge in [0.15, 0.2) is 0 Å². The third-order valence-corrected chi connectivity index (χ3v) is 4.89. The highest BCUT2D eigenvalue weighted by Crippen LogP contribution is 2.20. The Bertz CT molecular complexity index is 418. The van der Waals surface area contributed by atoms with Crippen LogP contribution in [0.1, 0.15) is 12.8 Å². The molecular weight excluding hydrogens is 288 g/mol. The molecule has 0 atom stereocenters. The zero-order valence-electron chi connectivity index (χ0n) is 11.4. The first-order chi connectivity index (χ1) is 9.28. The molecule has 1 aliphatic heterocycles. The number of carbonyl (C=O) groups excluding carboxylic acids is 1. The van der Waals surface area contributed by atoms with E-state index in [0.717, 1.165) is 6.26 Å². The standard InChI is InChI=1S/C11H22N2O6S/c1-20(18,19)13-4-2-9(3-5-13)10(17)12-11(6-14,7-15)8-16/h9,14-16H,2-8H2,1H3,(H,12,17). The number of sulfonamides is 1. The smallest absolute Gasteiger partial charge is 0.223 e. The van der Waals surface area contributed by atoms with Crippen LogP contribution in [0.5, 0.6) is 0 Å². The number of amides is 1. The van der Waals surface area contributed by atoms with Gasteiger partial charge in [0, 0.05) is 19.0 Å². The van der Waals surface area contributed by atoms with Crippen molar-refractivity contribution in [1.82, 2.24) is 9.62 Å². The maximum atomic E-state index is 12.0. The van der Waals surface area contributed by atoms with Crippen molar-refractivity contribution in [2.45, 2.75) is 18.4 Å². The van der Waals surface area contributed by atoms with Crippen molar-refractivity contribution in [1.29, 1.82) is 0 Å². The largest absolute Gasteiger partial charge is 0.394 e. The molecule has 1 fully saturated rings. The summed E-state index contributed by atoms with van der Waals surface area (Å²) in [6.07, 6.45) is 1.87. The van der Waals surface area contributed by atoms with E-state index in [-0.39, 0.29) is 13.1 Å². The summed E-state index contributed by atoms with van der Waals surface area (Å²) in [6, 6.07) is 0. The highest BCUT2D eigenvalue weighted by Gasteiger charge is 2.35. The van der Waals surface area contributed by atoms with Crippen LogP contribution in [0, 0.1) is 5.92 Å². The number of hydrogen-bond acceptors (Lipinski definition) is 6. The molecule has 1 saturated heterocycles. The second kappa shape index (κ2) is 6.81. The Kier molecular flexibility index (Phi) is 5.90. The number of nitrogens with zero attached hydrogens (tertiary/aromatic N) is 1. The van der Waals surface area contributed by atoms with E-state index in [4.69, 9.17) is 15.3 Å². The predicted molar refractivity (Wildman–Crippen MR) is 71.3 cm³/mol. The summed E-state index contributed by atoms with van der Waals surface area (Å²) in [5.74, 6) is -0.785. The van der Waals surface area contributed by atoms with E-state index < -0.39 is 47.2 Å². The minimum atomic E-state index is -3.24. The number of aliphatic hydroxyl groups is 3. The molecule has 0 saturated carbocycles. The lowest BCUT2D eigenvalue weighted by Crippen LogP contribution is -2.59. The van der Waals surface area contributed by atoms with Gasteiger partial charge in [-0.1, -0.05) is 0 Å². The number of rotatable bonds is 6. The molecule has 8 nitrogen and oxygen atoms in total. The van der Waals surface area contributed by atoms with Gasteiger partial charge in [0.2, 0.25) is 15.9 Å². The van der Waals surface area contributed by atoms with E-state index in [0.29, 0.717) is 12.8 Å². The van der Waals surface area contributed by atoms with Crippen molar-refractivity contribution in [3.63, 3.8) is 0 Å². The molecule has 0 aromatic carbocycles. The fraction of sp³-hybridized carbons (Fsp3) is 0.909. The highest BCUT2D eigenvalue weighted by atomic mass is 32.2. The predicted octanol–water partition coefficient (Wildman–Crippen LogP) is -2.51. The Morgan fingerprint density at radius 3 is 2.00 bits per heavy atom. The van der Waals surface area contributed by atoms with Gasteiger partial charge in [-0.3, -0.25) is 4.79 Å². The summed E-state index contributed by atoms with van der Waals surface area (Å²) < 4.78 is 24.0. The van der Waals surface area contributed by atoms with Gasteiger partial charge in [0.05, 0.1) is 26.1 Å². The van der Waals surface area contributed by atoms with Crippen LogP contribution in [-0.2, 0) is 14.8 Å². The fourth-order valence-electron chi connectivity index (χ4n) is 2.08. The van der Waals surface area contributed by atoms with Gasteiger partial charge in [0.1, 0.15) is 5.54 Å². The average Bonchev–Trinajstić information content (AvgIpc) is 2.44. The first kappa shape index (κ1) is 17.3. The van der Waals surface area contributed by atoms with Gasteiger partial charge >= 0.3 is 0 Å². The molecule has 0 aliphatic carbocycles. The van der Waals surface area contributed by atoms with Crippen LogP contribution in [0.15, 0.2) is 0 Å². The summed E-state index contributed by atoms with van der Waals surface area (Å²) in [5.41, 5.74) is -1.44. The average molecular weight is 310 g/mol. The molecule has 20 heavy (non-hydrogen) atoms. The minimum absolute atomic E-state index is 0.265. The van der Waals surface area contributed by atoms with Crippen LogP contribution in [-0.4, -0.2) is 78.7 Å². The van der Waals surface area contributed by atoms with Gasteiger partial charge < -0.3 is 20.6 Å². The van der Waals surface area contributed by atoms with Crippen LogP contribution in [0.3, 0.4) is 0 Å². The van der Waals surface area contributed by atoms with Crippen LogP contribution >= 0.6 is 0 Å². The Labute approximate surface area is 118 Å². The van der Waals surface area contributed by atoms with Crippen molar-refractivity contribution >= 4 is 15.9 Å². The summed E-state index contributed by atoms with van der Waals surface area (Å²) >= 11 is 0. The molecule has 0 bridgehead atoms. The lowest BCUT2D eigenvalue weighted by Gasteiger charge is -2.34. The summed E-state index contributed by atoms with van der Waals surface area (Å²) in [6.45, 7) is -1.20. The fourth-order valence-corrected chi connectivity index (χ4v) is 2.96. The molecule has 0 aromatic heterocycles. The highest BCUT2D eigenvalue weighted by molar-refractivity contribution is 7.88. The molecule has 1 heterocycles. The monoisotopic (exact) mass is 310 g/mol. The molecule has 1 amide bonds. The molecular formula is C11H22N2O6S. The van der Waals surface area contributed by atoms with E-state index in [2.05, 4.69) is 5.32 Å². The van der Waals surface area contributed by atoms with Crippen molar-refractivity contribution in [3.8, 4) is 0 Å². The van der Waals surface area contributed by atoms with Gasteiger partial charge in [-0.05, 0) is 12.8 Å². The van der Waals surface area contributed by atoms with E-state index in [9.17, 15) is 13.2 Å². The van der Waals surface area contributed by atoms with Gasteiger partial charge in [-0.25, -0.2) is 12.7 Å². The molecule has 0 unspecified atom stereocenters. The van der Waals surface area contributed by atoms with Crippen molar-refractivity contribution in [2.75, 3.05) is 39.2 Å². The number of piperidine rings is 1. The first-order valence-corrected chi connectivity index (χ1v) is 8.22. The summed E-state index contributed by atoms with van der Waals surface area (Å²) in [5, 5.41) is 29.9. The van der Waals surface area contributed by atoms with Gasteiger partial charge in [0.25, 0.3) is 0 Å². The molecule has 1 aliphatic rings. The number of aliphatic hydroxyl groups excluding tert-OH is 3. The lowest BCUT2D eigenvalue weighted by atomic mass is 9.94. The first-order valence-electron chi connectivity index (χ1n) is 6.38. The van der Waals surface area contributed by atoms with E-state index in [1.54, 1.807) is 0 Å². The van der Waals surface area contributed by atoms with Crippen LogP contribution in [0.25, 0.3) is 0 Å². The second-order valence-electron chi connectivity index (χ2n) is 5.18. The quantitative estimate of drug-likeness (QED) is 0.429. The zero-order valence-corrected chi connectivity index (χ0v) is 12.3. The van der Waals surface area contributed by atoms with Gasteiger partial charge in [-0.2, -0.15) is 0 Å². The maximum Gasteiger partial charge on any atom is 0.223 e. The van der Waals surface area contributed by atoms with Gasteiger partial charge in [-0.15, -0.1) is 0 Å².